The lowest BCUT2D eigenvalue weighted by Gasteiger charge is -2.30. The summed E-state index contributed by atoms with van der Waals surface area (Å²) in [6.45, 7) is 11.5. The molecular formula is C17H37IN4O2S. The highest BCUT2D eigenvalue weighted by Gasteiger charge is 2.17. The van der Waals surface area contributed by atoms with E-state index in [1.807, 2.05) is 13.8 Å². The van der Waals surface area contributed by atoms with Gasteiger partial charge in [0.05, 0.1) is 5.75 Å². The molecule has 0 aromatic heterocycles. The molecule has 1 aliphatic rings. The van der Waals surface area contributed by atoms with Crippen molar-refractivity contribution >= 4 is 39.8 Å². The Morgan fingerprint density at radius 2 is 1.92 bits per heavy atom. The first-order valence-corrected chi connectivity index (χ1v) is 11.3. The van der Waals surface area contributed by atoms with Gasteiger partial charge in [-0.25, -0.2) is 8.42 Å². The Hall–Kier alpha value is -0.0900. The summed E-state index contributed by atoms with van der Waals surface area (Å²) in [5.74, 6) is 1.78. The summed E-state index contributed by atoms with van der Waals surface area (Å²) in [6, 6.07) is 0.0883. The molecule has 0 saturated carbocycles. The van der Waals surface area contributed by atoms with E-state index in [1.165, 1.54) is 32.2 Å². The number of likely N-dealkylation sites (tertiary alicyclic amines) is 1. The van der Waals surface area contributed by atoms with Gasteiger partial charge in [0.2, 0.25) is 0 Å². The first-order valence-electron chi connectivity index (χ1n) is 9.29. The third kappa shape index (κ3) is 12.0. The van der Waals surface area contributed by atoms with E-state index in [0.717, 1.165) is 37.9 Å². The van der Waals surface area contributed by atoms with Gasteiger partial charge in [0.1, 0.15) is 9.84 Å². The van der Waals surface area contributed by atoms with Crippen LogP contribution in [0, 0.1) is 5.92 Å². The van der Waals surface area contributed by atoms with Crippen molar-refractivity contribution in [1.29, 1.82) is 0 Å². The van der Waals surface area contributed by atoms with E-state index < -0.39 is 9.84 Å². The Balaban J connectivity index is 0.00000576. The molecule has 2 N–H and O–H groups in total. The number of sulfone groups is 1. The number of piperidine rings is 1. The predicted molar refractivity (Wildman–Crippen MR) is 118 cm³/mol. The monoisotopic (exact) mass is 488 g/mol. The third-order valence-corrected chi connectivity index (χ3v) is 5.59. The Morgan fingerprint density at radius 1 is 1.28 bits per heavy atom. The molecule has 1 unspecified atom stereocenters. The normalized spacial score (nSPS) is 18.5. The molecule has 1 saturated heterocycles. The van der Waals surface area contributed by atoms with Crippen LogP contribution >= 0.6 is 24.0 Å². The number of hydrogen-bond donors (Lipinski definition) is 2. The fourth-order valence-corrected chi connectivity index (χ4v) is 3.75. The largest absolute Gasteiger partial charge is 0.357 e. The van der Waals surface area contributed by atoms with Crippen molar-refractivity contribution in [2.24, 2.45) is 10.9 Å². The van der Waals surface area contributed by atoms with Gasteiger partial charge in [-0.05, 0) is 65.1 Å². The molecular weight excluding hydrogens is 451 g/mol. The molecule has 1 atom stereocenters. The highest BCUT2D eigenvalue weighted by Crippen LogP contribution is 2.20. The quantitative estimate of drug-likeness (QED) is 0.296. The minimum atomic E-state index is -2.91. The number of rotatable bonds is 9. The second-order valence-electron chi connectivity index (χ2n) is 6.89. The van der Waals surface area contributed by atoms with Gasteiger partial charge >= 0.3 is 0 Å². The minimum absolute atomic E-state index is 0. The van der Waals surface area contributed by atoms with Crippen molar-refractivity contribution in [1.82, 2.24) is 15.5 Å². The Morgan fingerprint density at radius 3 is 2.44 bits per heavy atom. The van der Waals surface area contributed by atoms with E-state index >= 15 is 0 Å². The van der Waals surface area contributed by atoms with Gasteiger partial charge in [0, 0.05) is 25.4 Å². The number of nitrogens with zero attached hydrogens (tertiary/aromatic N) is 2. The average molecular weight is 488 g/mol. The predicted octanol–water partition coefficient (Wildman–Crippen LogP) is 2.10. The molecule has 0 aliphatic carbocycles. The zero-order valence-electron chi connectivity index (χ0n) is 16.3. The molecule has 6 nitrogen and oxygen atoms in total. The van der Waals surface area contributed by atoms with Crippen LogP contribution in [-0.4, -0.2) is 70.1 Å². The lowest BCUT2D eigenvalue weighted by molar-refractivity contribution is 0.188. The highest BCUT2D eigenvalue weighted by molar-refractivity contribution is 14.0. The minimum Gasteiger partial charge on any atom is -0.357 e. The molecule has 150 valence electrons. The number of halogens is 1. The third-order valence-electron chi connectivity index (χ3n) is 4.61. The molecule has 0 amide bonds. The molecule has 1 rings (SSSR count). The zero-order chi connectivity index (χ0) is 18.0. The standard InChI is InChI=1S/C17H36N4O2S.HI/c1-5-18-17(20-15(3)10-14-24(4,22)23)19-11-7-16-8-12-21(6-2)13-9-16;/h15-16H,5-14H2,1-4H3,(H2,18,19,20);1H. The van der Waals surface area contributed by atoms with Crippen molar-refractivity contribution in [3.63, 3.8) is 0 Å². The van der Waals surface area contributed by atoms with Crippen molar-refractivity contribution in [3.05, 3.63) is 0 Å². The first kappa shape index (κ1) is 24.9. The highest BCUT2D eigenvalue weighted by atomic mass is 127. The summed E-state index contributed by atoms with van der Waals surface area (Å²) in [5.41, 5.74) is 0. The molecule has 0 aromatic rings. The summed E-state index contributed by atoms with van der Waals surface area (Å²) >= 11 is 0. The second kappa shape index (κ2) is 13.1. The van der Waals surface area contributed by atoms with Gasteiger partial charge in [-0.3, -0.25) is 4.99 Å². The molecule has 0 bridgehead atoms. The SMILES string of the molecule is CCNC(=NCCC1CCN(CC)CC1)NC(C)CCS(C)(=O)=O.I. The van der Waals surface area contributed by atoms with E-state index in [9.17, 15) is 8.42 Å². The zero-order valence-corrected chi connectivity index (χ0v) is 19.4. The second-order valence-corrected chi connectivity index (χ2v) is 9.15. The number of hydrogen-bond acceptors (Lipinski definition) is 4. The number of aliphatic imine (C=N–C) groups is 1. The van der Waals surface area contributed by atoms with Crippen LogP contribution in [0.3, 0.4) is 0 Å². The Labute approximate surface area is 171 Å². The van der Waals surface area contributed by atoms with E-state index in [-0.39, 0.29) is 35.8 Å². The van der Waals surface area contributed by atoms with Gasteiger partial charge < -0.3 is 15.5 Å². The summed E-state index contributed by atoms with van der Waals surface area (Å²) < 4.78 is 22.5. The smallest absolute Gasteiger partial charge is 0.191 e. The van der Waals surface area contributed by atoms with Crippen LogP contribution in [0.5, 0.6) is 0 Å². The summed E-state index contributed by atoms with van der Waals surface area (Å²) in [5, 5.41) is 6.56. The summed E-state index contributed by atoms with van der Waals surface area (Å²) in [4.78, 5) is 7.17. The van der Waals surface area contributed by atoms with Crippen molar-refractivity contribution < 1.29 is 8.42 Å². The fraction of sp³-hybridized carbons (Fsp3) is 0.941. The van der Waals surface area contributed by atoms with Crippen LogP contribution in [0.2, 0.25) is 0 Å². The molecule has 1 fully saturated rings. The Bertz CT molecular complexity index is 477. The maximum Gasteiger partial charge on any atom is 0.191 e. The first-order chi connectivity index (χ1) is 11.3. The van der Waals surface area contributed by atoms with Crippen LogP contribution in [0.15, 0.2) is 4.99 Å². The van der Waals surface area contributed by atoms with Crippen molar-refractivity contribution in [2.75, 3.05) is 44.7 Å². The van der Waals surface area contributed by atoms with Crippen LogP contribution in [0.4, 0.5) is 0 Å². The van der Waals surface area contributed by atoms with Crippen molar-refractivity contribution in [2.45, 2.75) is 52.5 Å². The van der Waals surface area contributed by atoms with E-state index in [4.69, 9.17) is 0 Å². The van der Waals surface area contributed by atoms with Gasteiger partial charge in [0.15, 0.2) is 5.96 Å². The maximum atomic E-state index is 11.3. The van der Waals surface area contributed by atoms with Gasteiger partial charge in [0.25, 0.3) is 0 Å². The van der Waals surface area contributed by atoms with Crippen molar-refractivity contribution in [3.8, 4) is 0 Å². The summed E-state index contributed by atoms with van der Waals surface area (Å²) in [7, 11) is -2.91. The van der Waals surface area contributed by atoms with Crippen LogP contribution in [-0.2, 0) is 9.84 Å². The topological polar surface area (TPSA) is 73.8 Å². The molecule has 0 aromatic carbocycles. The lowest BCUT2D eigenvalue weighted by Crippen LogP contribution is -2.43. The maximum absolute atomic E-state index is 11.3. The number of guanidine groups is 1. The molecule has 8 heteroatoms. The fourth-order valence-electron chi connectivity index (χ4n) is 2.97. The van der Waals surface area contributed by atoms with Crippen LogP contribution in [0.1, 0.15) is 46.5 Å². The molecule has 25 heavy (non-hydrogen) atoms. The molecule has 1 heterocycles. The van der Waals surface area contributed by atoms with Crippen LogP contribution in [0.25, 0.3) is 0 Å². The average Bonchev–Trinajstić information content (AvgIpc) is 2.53. The van der Waals surface area contributed by atoms with E-state index in [0.29, 0.717) is 6.42 Å². The molecule has 1 aliphatic heterocycles. The van der Waals surface area contributed by atoms with E-state index in [2.05, 4.69) is 27.4 Å². The van der Waals surface area contributed by atoms with E-state index in [1.54, 1.807) is 0 Å². The van der Waals surface area contributed by atoms with Gasteiger partial charge in [-0.15, -0.1) is 24.0 Å². The summed E-state index contributed by atoms with van der Waals surface area (Å²) in [6.07, 6.45) is 5.56. The van der Waals surface area contributed by atoms with Gasteiger partial charge in [-0.1, -0.05) is 6.92 Å². The Kier molecular flexibility index (Phi) is 13.1. The van der Waals surface area contributed by atoms with Crippen LogP contribution < -0.4 is 10.6 Å². The molecule has 0 radical (unpaired) electrons. The molecule has 0 spiro atoms. The van der Waals surface area contributed by atoms with Gasteiger partial charge in [-0.2, -0.15) is 0 Å². The lowest BCUT2D eigenvalue weighted by atomic mass is 9.94. The number of nitrogens with one attached hydrogen (secondary N) is 2.